The normalized spacial score (nSPS) is 13.0. The number of ether oxygens (including phenoxy) is 1. The topological polar surface area (TPSA) is 99.8 Å². The van der Waals surface area contributed by atoms with E-state index in [1.54, 1.807) is 48.5 Å². The van der Waals surface area contributed by atoms with Crippen LogP contribution in [0.4, 0.5) is 27.5 Å². The number of nitrogens with zero attached hydrogens (tertiary/aromatic N) is 1. The third-order valence-electron chi connectivity index (χ3n) is 5.86. The van der Waals surface area contributed by atoms with E-state index in [1.165, 1.54) is 19.6 Å². The Morgan fingerprint density at radius 1 is 0.833 bits per heavy atom. The van der Waals surface area contributed by atoms with E-state index in [-0.39, 0.29) is 5.91 Å². The van der Waals surface area contributed by atoms with Gasteiger partial charge in [0, 0.05) is 24.5 Å². The third-order valence-corrected chi connectivity index (χ3v) is 6.19. The number of rotatable bonds is 6. The van der Waals surface area contributed by atoms with E-state index in [0.29, 0.717) is 33.2 Å². The van der Waals surface area contributed by atoms with E-state index < -0.39 is 12.0 Å². The Hall–Kier alpha value is -4.04. The molecule has 1 heterocycles. The van der Waals surface area contributed by atoms with Crippen molar-refractivity contribution in [3.63, 3.8) is 0 Å². The predicted molar refractivity (Wildman–Crippen MR) is 142 cm³/mol. The highest BCUT2D eigenvalue weighted by Gasteiger charge is 2.18. The van der Waals surface area contributed by atoms with Crippen LogP contribution in [0.25, 0.3) is 0 Å². The molecule has 1 aliphatic heterocycles. The maximum absolute atomic E-state index is 12.9. The summed E-state index contributed by atoms with van der Waals surface area (Å²) >= 11 is 6.17. The number of nitrogens with one attached hydrogen (secondary N) is 3. The first-order valence-electron chi connectivity index (χ1n) is 11.7. The molecule has 0 atom stereocenters. The number of halogens is 1. The highest BCUT2D eigenvalue weighted by Crippen LogP contribution is 2.32. The molecule has 0 saturated carbocycles. The lowest BCUT2D eigenvalue weighted by molar-refractivity contribution is 0.0600. The van der Waals surface area contributed by atoms with E-state index >= 15 is 0 Å². The Morgan fingerprint density at radius 2 is 1.58 bits per heavy atom. The van der Waals surface area contributed by atoms with Crippen molar-refractivity contribution in [2.75, 3.05) is 41.0 Å². The Labute approximate surface area is 214 Å². The van der Waals surface area contributed by atoms with Crippen LogP contribution in [0, 0.1) is 0 Å². The Balaban J connectivity index is 1.56. The molecule has 0 spiro atoms. The van der Waals surface area contributed by atoms with Gasteiger partial charge in [0.25, 0.3) is 5.91 Å². The minimum atomic E-state index is -0.492. The van der Waals surface area contributed by atoms with E-state index in [4.69, 9.17) is 16.3 Å². The molecule has 1 saturated heterocycles. The van der Waals surface area contributed by atoms with Crippen LogP contribution in [0.5, 0.6) is 0 Å². The smallest absolute Gasteiger partial charge is 0.337 e. The van der Waals surface area contributed by atoms with Crippen molar-refractivity contribution >= 4 is 52.3 Å². The average molecular weight is 507 g/mol. The van der Waals surface area contributed by atoms with Crippen LogP contribution >= 0.6 is 11.6 Å². The highest BCUT2D eigenvalue weighted by atomic mass is 35.5. The van der Waals surface area contributed by atoms with E-state index in [9.17, 15) is 14.4 Å². The molecule has 1 fully saturated rings. The summed E-state index contributed by atoms with van der Waals surface area (Å²) in [5.41, 5.74) is 3.06. The van der Waals surface area contributed by atoms with E-state index in [2.05, 4.69) is 20.9 Å². The number of esters is 1. The number of anilines is 4. The lowest BCUT2D eigenvalue weighted by atomic mass is 10.1. The zero-order valence-electron chi connectivity index (χ0n) is 19.8. The van der Waals surface area contributed by atoms with Crippen LogP contribution in [0.2, 0.25) is 5.02 Å². The number of urea groups is 1. The summed E-state index contributed by atoms with van der Waals surface area (Å²) in [6.45, 7) is 1.76. The predicted octanol–water partition coefficient (Wildman–Crippen LogP) is 6.01. The summed E-state index contributed by atoms with van der Waals surface area (Å²) in [4.78, 5) is 39.7. The van der Waals surface area contributed by atoms with Gasteiger partial charge < -0.3 is 25.6 Å². The van der Waals surface area contributed by atoms with Crippen molar-refractivity contribution in [2.24, 2.45) is 0 Å². The van der Waals surface area contributed by atoms with Gasteiger partial charge in [0.1, 0.15) is 0 Å². The molecule has 8 nitrogen and oxygen atoms in total. The lowest BCUT2D eigenvalue weighted by Crippen LogP contribution is -2.31. The number of hydrogen-bond acceptors (Lipinski definition) is 5. The van der Waals surface area contributed by atoms with Crippen molar-refractivity contribution in [1.29, 1.82) is 0 Å². The molecule has 1 aliphatic rings. The Bertz CT molecular complexity index is 1270. The molecule has 3 aromatic rings. The van der Waals surface area contributed by atoms with Crippen LogP contribution in [-0.2, 0) is 4.74 Å². The fourth-order valence-corrected chi connectivity index (χ4v) is 4.32. The summed E-state index contributed by atoms with van der Waals surface area (Å²) in [6.07, 6.45) is 3.30. The molecular formula is C27H27ClN4O4. The van der Waals surface area contributed by atoms with Crippen molar-refractivity contribution in [3.05, 3.63) is 82.9 Å². The third kappa shape index (κ3) is 6.14. The van der Waals surface area contributed by atoms with Gasteiger partial charge in [0.2, 0.25) is 0 Å². The number of amides is 3. The largest absolute Gasteiger partial charge is 0.465 e. The molecule has 36 heavy (non-hydrogen) atoms. The first-order valence-corrected chi connectivity index (χ1v) is 12.0. The standard InChI is InChI=1S/C27H27ClN4O4/c1-36-26(34)18-8-7-9-19(16-18)30-27(35)31-23-17-20(12-13-24(23)32-14-5-2-6-15-32)29-25(33)21-10-3-4-11-22(21)28/h3-4,7-13,16-17H,2,5-6,14-15H2,1H3,(H,29,33)(H2,30,31,35). The van der Waals surface area contributed by atoms with Crippen LogP contribution in [0.15, 0.2) is 66.7 Å². The minimum absolute atomic E-state index is 0.327. The van der Waals surface area contributed by atoms with Gasteiger partial charge in [-0.1, -0.05) is 29.8 Å². The maximum atomic E-state index is 12.9. The van der Waals surface area contributed by atoms with Gasteiger partial charge >= 0.3 is 12.0 Å². The second-order valence-electron chi connectivity index (χ2n) is 8.37. The van der Waals surface area contributed by atoms with Gasteiger partial charge in [-0.05, 0) is 67.8 Å². The number of methoxy groups -OCH3 is 1. The number of hydrogen-bond donors (Lipinski definition) is 3. The number of carbonyl (C=O) groups is 3. The second kappa shape index (κ2) is 11.6. The molecule has 0 bridgehead atoms. The second-order valence-corrected chi connectivity index (χ2v) is 8.77. The SMILES string of the molecule is COC(=O)c1cccc(NC(=O)Nc2cc(NC(=O)c3ccccc3Cl)ccc2N2CCCCC2)c1. The maximum Gasteiger partial charge on any atom is 0.337 e. The van der Waals surface area contributed by atoms with Crippen LogP contribution in [0.3, 0.4) is 0 Å². The summed E-state index contributed by atoms with van der Waals surface area (Å²) in [6, 6.07) is 18.2. The first kappa shape index (κ1) is 25.1. The number of benzene rings is 3. The summed E-state index contributed by atoms with van der Waals surface area (Å²) in [5, 5.41) is 8.86. The number of piperidine rings is 1. The van der Waals surface area contributed by atoms with Gasteiger partial charge in [-0.15, -0.1) is 0 Å². The molecule has 3 amide bonds. The molecule has 0 aromatic heterocycles. The number of carbonyl (C=O) groups excluding carboxylic acids is 3. The molecule has 0 aliphatic carbocycles. The minimum Gasteiger partial charge on any atom is -0.465 e. The van der Waals surface area contributed by atoms with E-state index in [1.807, 2.05) is 12.1 Å². The van der Waals surface area contributed by atoms with Crippen LogP contribution < -0.4 is 20.9 Å². The first-order chi connectivity index (χ1) is 17.4. The Morgan fingerprint density at radius 3 is 2.33 bits per heavy atom. The summed E-state index contributed by atoms with van der Waals surface area (Å²) < 4.78 is 4.74. The summed E-state index contributed by atoms with van der Waals surface area (Å²) in [7, 11) is 1.30. The molecular weight excluding hydrogens is 480 g/mol. The zero-order chi connectivity index (χ0) is 25.5. The van der Waals surface area contributed by atoms with Gasteiger partial charge in [-0.25, -0.2) is 9.59 Å². The molecule has 0 radical (unpaired) electrons. The van der Waals surface area contributed by atoms with Crippen LogP contribution in [-0.4, -0.2) is 38.1 Å². The van der Waals surface area contributed by atoms with Crippen molar-refractivity contribution in [2.45, 2.75) is 19.3 Å². The molecule has 9 heteroatoms. The molecule has 3 aromatic carbocycles. The zero-order valence-corrected chi connectivity index (χ0v) is 20.6. The average Bonchev–Trinajstić information content (AvgIpc) is 2.89. The van der Waals surface area contributed by atoms with E-state index in [0.717, 1.165) is 31.6 Å². The highest BCUT2D eigenvalue weighted by molar-refractivity contribution is 6.34. The monoisotopic (exact) mass is 506 g/mol. The van der Waals surface area contributed by atoms with Gasteiger partial charge in [0.05, 0.1) is 34.6 Å². The van der Waals surface area contributed by atoms with Crippen molar-refractivity contribution in [3.8, 4) is 0 Å². The van der Waals surface area contributed by atoms with Crippen molar-refractivity contribution < 1.29 is 19.1 Å². The molecule has 186 valence electrons. The van der Waals surface area contributed by atoms with Gasteiger partial charge in [-0.3, -0.25) is 4.79 Å². The van der Waals surface area contributed by atoms with Gasteiger partial charge in [0.15, 0.2) is 0 Å². The van der Waals surface area contributed by atoms with Crippen LogP contribution in [0.1, 0.15) is 40.0 Å². The molecule has 0 unspecified atom stereocenters. The molecule has 4 rings (SSSR count). The molecule has 3 N–H and O–H groups in total. The fourth-order valence-electron chi connectivity index (χ4n) is 4.09. The quantitative estimate of drug-likeness (QED) is 0.355. The van der Waals surface area contributed by atoms with Gasteiger partial charge in [-0.2, -0.15) is 0 Å². The lowest BCUT2D eigenvalue weighted by Gasteiger charge is -2.31. The van der Waals surface area contributed by atoms with Crippen molar-refractivity contribution in [1.82, 2.24) is 0 Å². The Kier molecular flexibility index (Phi) is 8.07. The summed E-state index contributed by atoms with van der Waals surface area (Å²) in [5.74, 6) is -0.838. The fraction of sp³-hybridized carbons (Fsp3) is 0.222.